The minimum atomic E-state index is -0.373. The summed E-state index contributed by atoms with van der Waals surface area (Å²) < 4.78 is 3.12. The number of carbonyl (C=O) groups is 1. The van der Waals surface area contributed by atoms with Gasteiger partial charge in [-0.05, 0) is 43.2 Å². The van der Waals surface area contributed by atoms with Gasteiger partial charge in [0.05, 0.1) is 5.69 Å². The number of hydrogen-bond donors (Lipinski definition) is 1. The summed E-state index contributed by atoms with van der Waals surface area (Å²) in [5, 5.41) is 6.87. The van der Waals surface area contributed by atoms with Crippen molar-refractivity contribution >= 4 is 17.2 Å². The van der Waals surface area contributed by atoms with Gasteiger partial charge < -0.3 is 9.72 Å². The van der Waals surface area contributed by atoms with E-state index in [1.165, 1.54) is 19.2 Å². The summed E-state index contributed by atoms with van der Waals surface area (Å²) in [6.45, 7) is 3.94. The molecule has 1 amide bonds. The molecule has 140 valence electrons. The summed E-state index contributed by atoms with van der Waals surface area (Å²) in [5.41, 5.74) is 5.22. The molecule has 1 aromatic carbocycles. The first-order valence-electron chi connectivity index (χ1n) is 8.83. The molecule has 4 aromatic rings. The summed E-state index contributed by atoms with van der Waals surface area (Å²) in [7, 11) is 1.51. The molecule has 0 saturated carbocycles. The van der Waals surface area contributed by atoms with Gasteiger partial charge >= 0.3 is 0 Å². The average Bonchev–Trinajstić information content (AvgIpc) is 3.11. The predicted octanol–water partition coefficient (Wildman–Crippen LogP) is 2.96. The average molecular weight is 373 g/mol. The Kier molecular flexibility index (Phi) is 4.27. The van der Waals surface area contributed by atoms with E-state index in [0.717, 1.165) is 32.7 Å². The number of carbonyl (C=O) groups excluding carboxylic acids is 1. The van der Waals surface area contributed by atoms with Gasteiger partial charge in [0, 0.05) is 36.8 Å². The SMILES string of the molecule is Cc1ccc(-c2cn3cccc(C)c3n2)cc1NC(=O)c1ccc(=O)n(C)n1. The Labute approximate surface area is 161 Å². The molecule has 0 spiro atoms. The van der Waals surface area contributed by atoms with E-state index in [0.29, 0.717) is 5.69 Å². The zero-order chi connectivity index (χ0) is 19.8. The van der Waals surface area contributed by atoms with Crippen molar-refractivity contribution < 1.29 is 4.79 Å². The quantitative estimate of drug-likeness (QED) is 0.599. The number of rotatable bonds is 3. The maximum atomic E-state index is 12.6. The van der Waals surface area contributed by atoms with Crippen LogP contribution in [0.4, 0.5) is 5.69 Å². The Morgan fingerprint density at radius 3 is 2.64 bits per heavy atom. The van der Waals surface area contributed by atoms with Gasteiger partial charge in [-0.1, -0.05) is 18.2 Å². The van der Waals surface area contributed by atoms with Crippen LogP contribution in [0.1, 0.15) is 21.6 Å². The van der Waals surface area contributed by atoms with E-state index >= 15 is 0 Å². The summed E-state index contributed by atoms with van der Waals surface area (Å²) >= 11 is 0. The molecular formula is C21H19N5O2. The lowest BCUT2D eigenvalue weighted by molar-refractivity contribution is 0.102. The number of aryl methyl sites for hydroxylation is 3. The van der Waals surface area contributed by atoms with E-state index in [9.17, 15) is 9.59 Å². The molecule has 28 heavy (non-hydrogen) atoms. The number of anilines is 1. The number of aromatic nitrogens is 4. The van der Waals surface area contributed by atoms with Crippen LogP contribution in [0, 0.1) is 13.8 Å². The lowest BCUT2D eigenvalue weighted by Gasteiger charge is -2.10. The number of pyridine rings is 1. The molecule has 0 saturated heterocycles. The fourth-order valence-corrected chi connectivity index (χ4v) is 3.02. The molecule has 0 unspecified atom stereocenters. The zero-order valence-electron chi connectivity index (χ0n) is 15.8. The number of benzene rings is 1. The van der Waals surface area contributed by atoms with E-state index in [-0.39, 0.29) is 17.2 Å². The van der Waals surface area contributed by atoms with E-state index in [1.54, 1.807) is 0 Å². The fourth-order valence-electron chi connectivity index (χ4n) is 3.02. The maximum Gasteiger partial charge on any atom is 0.276 e. The molecule has 7 heteroatoms. The highest BCUT2D eigenvalue weighted by atomic mass is 16.2. The molecule has 0 fully saturated rings. The first-order valence-corrected chi connectivity index (χ1v) is 8.83. The third kappa shape index (κ3) is 3.18. The van der Waals surface area contributed by atoms with Crippen molar-refractivity contribution in [1.82, 2.24) is 19.2 Å². The van der Waals surface area contributed by atoms with E-state index in [1.807, 2.05) is 61.0 Å². The van der Waals surface area contributed by atoms with Crippen LogP contribution in [0.3, 0.4) is 0 Å². The normalized spacial score (nSPS) is 11.0. The molecule has 0 radical (unpaired) electrons. The highest BCUT2D eigenvalue weighted by Crippen LogP contribution is 2.26. The Morgan fingerprint density at radius 1 is 1.07 bits per heavy atom. The number of fused-ring (bicyclic) bond motifs is 1. The standard InChI is InChI=1S/C21H19N5O2/c1-13-6-7-15(18-12-26-10-4-5-14(2)20(26)22-18)11-17(13)23-21(28)16-8-9-19(27)25(3)24-16/h4-12H,1-3H3,(H,23,28). The second-order valence-corrected chi connectivity index (χ2v) is 6.71. The highest BCUT2D eigenvalue weighted by molar-refractivity contribution is 6.03. The van der Waals surface area contributed by atoms with Gasteiger partial charge in [-0.2, -0.15) is 5.10 Å². The lowest BCUT2D eigenvalue weighted by Crippen LogP contribution is -2.23. The molecule has 3 heterocycles. The van der Waals surface area contributed by atoms with Crippen LogP contribution in [0.15, 0.2) is 59.7 Å². The largest absolute Gasteiger partial charge is 0.320 e. The van der Waals surface area contributed by atoms with Crippen LogP contribution in [0.25, 0.3) is 16.9 Å². The molecule has 7 nitrogen and oxygen atoms in total. The van der Waals surface area contributed by atoms with Crippen molar-refractivity contribution in [1.29, 1.82) is 0 Å². The molecule has 0 aliphatic rings. The first-order chi connectivity index (χ1) is 13.4. The minimum Gasteiger partial charge on any atom is -0.320 e. The summed E-state index contributed by atoms with van der Waals surface area (Å²) in [4.78, 5) is 28.7. The molecule has 0 bridgehead atoms. The third-order valence-corrected chi connectivity index (χ3v) is 4.65. The second-order valence-electron chi connectivity index (χ2n) is 6.71. The van der Waals surface area contributed by atoms with E-state index in [4.69, 9.17) is 4.98 Å². The summed E-state index contributed by atoms with van der Waals surface area (Å²) in [6, 6.07) is 12.6. The van der Waals surface area contributed by atoms with Crippen LogP contribution in [-0.2, 0) is 7.05 Å². The van der Waals surface area contributed by atoms with Gasteiger partial charge in [0.2, 0.25) is 0 Å². The molecule has 4 rings (SSSR count). The Morgan fingerprint density at radius 2 is 1.89 bits per heavy atom. The molecule has 0 aliphatic carbocycles. The Bertz CT molecular complexity index is 1270. The monoisotopic (exact) mass is 373 g/mol. The van der Waals surface area contributed by atoms with E-state index in [2.05, 4.69) is 10.4 Å². The smallest absolute Gasteiger partial charge is 0.276 e. The maximum absolute atomic E-state index is 12.6. The number of imidazole rings is 1. The molecule has 0 aliphatic heterocycles. The summed E-state index contributed by atoms with van der Waals surface area (Å²) in [5.74, 6) is -0.373. The van der Waals surface area contributed by atoms with Gasteiger partial charge in [-0.15, -0.1) is 0 Å². The van der Waals surface area contributed by atoms with Crippen molar-refractivity contribution in [3.63, 3.8) is 0 Å². The molecule has 1 N–H and O–H groups in total. The Hall–Kier alpha value is -3.74. The van der Waals surface area contributed by atoms with Crippen molar-refractivity contribution in [2.75, 3.05) is 5.32 Å². The Balaban J connectivity index is 1.68. The first kappa shape index (κ1) is 17.7. The summed E-state index contributed by atoms with van der Waals surface area (Å²) in [6.07, 6.45) is 3.92. The number of hydrogen-bond acceptors (Lipinski definition) is 4. The predicted molar refractivity (Wildman–Crippen MR) is 108 cm³/mol. The van der Waals surface area contributed by atoms with Crippen molar-refractivity contribution in [2.24, 2.45) is 7.05 Å². The van der Waals surface area contributed by atoms with E-state index < -0.39 is 0 Å². The molecule has 0 atom stereocenters. The van der Waals surface area contributed by atoms with Gasteiger partial charge in [0.15, 0.2) is 0 Å². The fraction of sp³-hybridized carbons (Fsp3) is 0.143. The zero-order valence-corrected chi connectivity index (χ0v) is 15.8. The van der Waals surface area contributed by atoms with Crippen molar-refractivity contribution in [2.45, 2.75) is 13.8 Å². The van der Waals surface area contributed by atoms with Crippen LogP contribution < -0.4 is 10.9 Å². The number of nitrogens with zero attached hydrogens (tertiary/aromatic N) is 4. The second kappa shape index (κ2) is 6.77. The van der Waals surface area contributed by atoms with Crippen molar-refractivity contribution in [3.05, 3.63) is 82.0 Å². The van der Waals surface area contributed by atoms with Gasteiger partial charge in [0.25, 0.3) is 11.5 Å². The topological polar surface area (TPSA) is 81.3 Å². The van der Waals surface area contributed by atoms with Crippen LogP contribution in [0.2, 0.25) is 0 Å². The number of nitrogens with one attached hydrogen (secondary N) is 1. The van der Waals surface area contributed by atoms with Crippen LogP contribution in [0.5, 0.6) is 0 Å². The van der Waals surface area contributed by atoms with Gasteiger partial charge in [0.1, 0.15) is 11.3 Å². The molecule has 3 aromatic heterocycles. The third-order valence-electron chi connectivity index (χ3n) is 4.65. The van der Waals surface area contributed by atoms with Crippen LogP contribution in [-0.4, -0.2) is 25.1 Å². The number of amides is 1. The van der Waals surface area contributed by atoms with Gasteiger partial charge in [-0.3, -0.25) is 9.59 Å². The van der Waals surface area contributed by atoms with Crippen molar-refractivity contribution in [3.8, 4) is 11.3 Å². The van der Waals surface area contributed by atoms with Gasteiger partial charge in [-0.25, -0.2) is 9.67 Å². The molecular weight excluding hydrogens is 354 g/mol. The van der Waals surface area contributed by atoms with Crippen LogP contribution >= 0.6 is 0 Å². The lowest BCUT2D eigenvalue weighted by atomic mass is 10.1. The highest BCUT2D eigenvalue weighted by Gasteiger charge is 2.13. The minimum absolute atomic E-state index is 0.176.